The molecule has 0 aromatic heterocycles. The van der Waals surface area contributed by atoms with E-state index in [2.05, 4.69) is 0 Å². The third-order valence-electron chi connectivity index (χ3n) is 3.09. The van der Waals surface area contributed by atoms with E-state index in [0.717, 1.165) is 25.7 Å². The summed E-state index contributed by atoms with van der Waals surface area (Å²) in [6.45, 7) is 5.36. The topological polar surface area (TPSA) is 63.6 Å². The summed E-state index contributed by atoms with van der Waals surface area (Å²) in [7, 11) is 0. The van der Waals surface area contributed by atoms with E-state index in [9.17, 15) is 14.7 Å². The number of esters is 1. The molecule has 4 heteroatoms. The summed E-state index contributed by atoms with van der Waals surface area (Å²) in [5.74, 6) is -1.72. The summed E-state index contributed by atoms with van der Waals surface area (Å²) < 4.78 is 5.18. The zero-order valence-electron chi connectivity index (χ0n) is 10.9. The van der Waals surface area contributed by atoms with Crippen LogP contribution < -0.4 is 0 Å². The molecule has 0 saturated heterocycles. The monoisotopic (exact) mass is 242 g/mol. The molecule has 0 spiro atoms. The number of carboxylic acids is 1. The van der Waals surface area contributed by atoms with Gasteiger partial charge in [-0.05, 0) is 39.5 Å². The number of carboxylic acid groups (broad SMARTS) is 1. The molecule has 1 aliphatic rings. The van der Waals surface area contributed by atoms with Gasteiger partial charge in [-0.1, -0.05) is 12.8 Å². The highest BCUT2D eigenvalue weighted by Gasteiger charge is 2.33. The summed E-state index contributed by atoms with van der Waals surface area (Å²) in [5, 5.41) is 9.17. The molecule has 0 aromatic carbocycles. The van der Waals surface area contributed by atoms with E-state index in [0.29, 0.717) is 0 Å². The molecular formula is C13H22O4. The van der Waals surface area contributed by atoms with Gasteiger partial charge in [0.2, 0.25) is 0 Å². The van der Waals surface area contributed by atoms with Gasteiger partial charge < -0.3 is 9.84 Å². The maximum absolute atomic E-state index is 11.6. The van der Waals surface area contributed by atoms with Crippen molar-refractivity contribution < 1.29 is 19.4 Å². The average Bonchev–Trinajstić information content (AvgIpc) is 2.63. The van der Waals surface area contributed by atoms with Crippen LogP contribution in [0.3, 0.4) is 0 Å². The number of rotatable bonds is 4. The highest BCUT2D eigenvalue weighted by Crippen LogP contribution is 2.33. The zero-order chi connectivity index (χ0) is 13.1. The van der Waals surface area contributed by atoms with E-state index >= 15 is 0 Å². The highest BCUT2D eigenvalue weighted by atomic mass is 16.6. The maximum Gasteiger partial charge on any atom is 0.307 e. The Morgan fingerprint density at radius 1 is 1.29 bits per heavy atom. The van der Waals surface area contributed by atoms with Gasteiger partial charge in [0, 0.05) is 0 Å². The predicted molar refractivity (Wildman–Crippen MR) is 63.5 cm³/mol. The van der Waals surface area contributed by atoms with Crippen molar-refractivity contribution in [2.24, 2.45) is 11.8 Å². The lowest BCUT2D eigenvalue weighted by atomic mass is 9.88. The second-order valence-electron chi connectivity index (χ2n) is 5.78. The SMILES string of the molecule is CC(C)(C)OC(=O)CC(C(=O)O)C1CCCC1. The Balaban J connectivity index is 2.55. The molecule has 0 radical (unpaired) electrons. The van der Waals surface area contributed by atoms with Crippen molar-refractivity contribution in [2.45, 2.75) is 58.5 Å². The molecule has 1 saturated carbocycles. The highest BCUT2D eigenvalue weighted by molar-refractivity contribution is 5.79. The number of hydrogen-bond donors (Lipinski definition) is 1. The Hall–Kier alpha value is -1.06. The second kappa shape index (κ2) is 5.52. The zero-order valence-corrected chi connectivity index (χ0v) is 10.9. The van der Waals surface area contributed by atoms with Gasteiger partial charge in [0.1, 0.15) is 5.60 Å². The van der Waals surface area contributed by atoms with Crippen molar-refractivity contribution in [1.82, 2.24) is 0 Å². The minimum absolute atomic E-state index is 0.00271. The number of hydrogen-bond acceptors (Lipinski definition) is 3. The van der Waals surface area contributed by atoms with Crippen molar-refractivity contribution >= 4 is 11.9 Å². The lowest BCUT2D eigenvalue weighted by Gasteiger charge is -2.23. The van der Waals surface area contributed by atoms with Gasteiger partial charge in [0.15, 0.2) is 0 Å². The van der Waals surface area contributed by atoms with Crippen molar-refractivity contribution in [3.05, 3.63) is 0 Å². The standard InChI is InChI=1S/C13H22O4/c1-13(2,3)17-11(14)8-10(12(15)16)9-6-4-5-7-9/h9-10H,4-8H2,1-3H3,(H,15,16). The maximum atomic E-state index is 11.6. The molecular weight excluding hydrogens is 220 g/mol. The molecule has 0 aliphatic heterocycles. The number of carbonyl (C=O) groups excluding carboxylic acids is 1. The Morgan fingerprint density at radius 3 is 2.24 bits per heavy atom. The van der Waals surface area contributed by atoms with E-state index in [1.54, 1.807) is 20.8 Å². The molecule has 0 aromatic rings. The molecule has 17 heavy (non-hydrogen) atoms. The van der Waals surface area contributed by atoms with Gasteiger partial charge in [-0.2, -0.15) is 0 Å². The number of carbonyl (C=O) groups is 2. The van der Waals surface area contributed by atoms with Crippen molar-refractivity contribution in [2.75, 3.05) is 0 Å². The molecule has 1 rings (SSSR count). The normalized spacial score (nSPS) is 19.0. The summed E-state index contributed by atoms with van der Waals surface area (Å²) in [6, 6.07) is 0. The molecule has 4 nitrogen and oxygen atoms in total. The van der Waals surface area contributed by atoms with E-state index in [1.807, 2.05) is 0 Å². The fraction of sp³-hybridized carbons (Fsp3) is 0.846. The first-order valence-corrected chi connectivity index (χ1v) is 6.24. The van der Waals surface area contributed by atoms with E-state index in [-0.39, 0.29) is 12.3 Å². The smallest absolute Gasteiger partial charge is 0.307 e. The summed E-state index contributed by atoms with van der Waals surface area (Å²) in [6.07, 6.45) is 3.97. The number of aliphatic carboxylic acids is 1. The van der Waals surface area contributed by atoms with Crippen LogP contribution >= 0.6 is 0 Å². The van der Waals surface area contributed by atoms with Crippen molar-refractivity contribution in [3.8, 4) is 0 Å². The lowest BCUT2D eigenvalue weighted by Crippen LogP contribution is -2.30. The van der Waals surface area contributed by atoms with Gasteiger partial charge in [-0.15, -0.1) is 0 Å². The van der Waals surface area contributed by atoms with Crippen LogP contribution in [0, 0.1) is 11.8 Å². The molecule has 0 heterocycles. The first-order valence-electron chi connectivity index (χ1n) is 6.24. The van der Waals surface area contributed by atoms with E-state index < -0.39 is 23.5 Å². The van der Waals surface area contributed by atoms with Crippen LogP contribution in [0.25, 0.3) is 0 Å². The minimum atomic E-state index is -0.872. The summed E-state index contributed by atoms with van der Waals surface area (Å²) in [5.41, 5.74) is -0.546. The summed E-state index contributed by atoms with van der Waals surface area (Å²) in [4.78, 5) is 22.8. The van der Waals surface area contributed by atoms with Crippen molar-refractivity contribution in [1.29, 1.82) is 0 Å². The van der Waals surface area contributed by atoms with Gasteiger partial charge in [0.25, 0.3) is 0 Å². The minimum Gasteiger partial charge on any atom is -0.481 e. The van der Waals surface area contributed by atoms with Crippen LogP contribution in [0.2, 0.25) is 0 Å². The van der Waals surface area contributed by atoms with Gasteiger partial charge in [-0.3, -0.25) is 9.59 Å². The second-order valence-corrected chi connectivity index (χ2v) is 5.78. The molecule has 1 unspecified atom stereocenters. The van der Waals surface area contributed by atoms with Crippen LogP contribution in [0.5, 0.6) is 0 Å². The van der Waals surface area contributed by atoms with E-state index in [1.165, 1.54) is 0 Å². The van der Waals surface area contributed by atoms with Crippen LogP contribution in [0.1, 0.15) is 52.9 Å². The third-order valence-corrected chi connectivity index (χ3v) is 3.09. The van der Waals surface area contributed by atoms with Gasteiger partial charge in [0.05, 0.1) is 12.3 Å². The molecule has 1 aliphatic carbocycles. The Labute approximate surface area is 102 Å². The largest absolute Gasteiger partial charge is 0.481 e. The molecule has 0 amide bonds. The number of ether oxygens (including phenoxy) is 1. The Morgan fingerprint density at radius 2 is 1.82 bits per heavy atom. The quantitative estimate of drug-likeness (QED) is 0.770. The predicted octanol–water partition coefficient (Wildman–Crippen LogP) is 2.61. The van der Waals surface area contributed by atoms with Gasteiger partial charge >= 0.3 is 11.9 Å². The summed E-state index contributed by atoms with van der Waals surface area (Å²) >= 11 is 0. The first-order chi connectivity index (χ1) is 7.79. The first kappa shape index (κ1) is 14.0. The van der Waals surface area contributed by atoms with E-state index in [4.69, 9.17) is 4.74 Å². The van der Waals surface area contributed by atoms with Crippen LogP contribution in [-0.2, 0) is 14.3 Å². The Kier molecular flexibility index (Phi) is 4.54. The van der Waals surface area contributed by atoms with Gasteiger partial charge in [-0.25, -0.2) is 0 Å². The molecule has 1 fully saturated rings. The molecule has 0 bridgehead atoms. The van der Waals surface area contributed by atoms with Crippen LogP contribution in [0.15, 0.2) is 0 Å². The fourth-order valence-corrected chi connectivity index (χ4v) is 2.38. The lowest BCUT2D eigenvalue weighted by molar-refractivity contribution is -0.161. The third kappa shape index (κ3) is 4.75. The van der Waals surface area contributed by atoms with Crippen LogP contribution in [-0.4, -0.2) is 22.6 Å². The fourth-order valence-electron chi connectivity index (χ4n) is 2.38. The van der Waals surface area contributed by atoms with Crippen molar-refractivity contribution in [3.63, 3.8) is 0 Å². The molecule has 98 valence electrons. The Bertz CT molecular complexity index is 284. The van der Waals surface area contributed by atoms with Crippen LogP contribution in [0.4, 0.5) is 0 Å². The average molecular weight is 242 g/mol. The molecule has 1 atom stereocenters. The molecule has 1 N–H and O–H groups in total.